The van der Waals surface area contributed by atoms with E-state index in [1.807, 2.05) is 25.5 Å². The number of hydrogen-bond acceptors (Lipinski definition) is 6. The zero-order valence-corrected chi connectivity index (χ0v) is 12.5. The molecular weight excluding hydrogens is 276 g/mol. The molecule has 2 heterocycles. The van der Waals surface area contributed by atoms with Crippen LogP contribution < -0.4 is 0 Å². The standard InChI is InChI=1S/C13H12N4S2/c1-7-4-5-8-9(6-7)16-17-11-10(8)14-13(19-3)15-12(11)18-2/h4-6H,1-3H3. The van der Waals surface area contributed by atoms with Gasteiger partial charge in [-0.3, -0.25) is 0 Å². The molecule has 0 aliphatic rings. The van der Waals surface area contributed by atoms with Crippen LogP contribution in [0.15, 0.2) is 28.4 Å². The number of benzene rings is 1. The minimum absolute atomic E-state index is 0.770. The van der Waals surface area contributed by atoms with Crippen molar-refractivity contribution in [3.05, 3.63) is 23.8 Å². The van der Waals surface area contributed by atoms with Crippen LogP contribution in [0.25, 0.3) is 21.9 Å². The zero-order chi connectivity index (χ0) is 13.4. The van der Waals surface area contributed by atoms with E-state index in [9.17, 15) is 0 Å². The molecule has 0 bridgehead atoms. The van der Waals surface area contributed by atoms with Crippen molar-refractivity contribution in [3.63, 3.8) is 0 Å². The first-order chi connectivity index (χ1) is 9.22. The SMILES string of the molecule is CSc1nc(SC)c2nnc3cc(C)ccc3c2n1. The van der Waals surface area contributed by atoms with Crippen molar-refractivity contribution in [2.75, 3.05) is 12.5 Å². The van der Waals surface area contributed by atoms with Crippen LogP contribution >= 0.6 is 23.5 Å². The van der Waals surface area contributed by atoms with Gasteiger partial charge in [-0.15, -0.1) is 22.0 Å². The lowest BCUT2D eigenvalue weighted by Gasteiger charge is -2.06. The van der Waals surface area contributed by atoms with Crippen LogP contribution in [0.3, 0.4) is 0 Å². The quantitative estimate of drug-likeness (QED) is 0.312. The number of aromatic nitrogens is 4. The van der Waals surface area contributed by atoms with Crippen molar-refractivity contribution >= 4 is 45.5 Å². The van der Waals surface area contributed by atoms with E-state index < -0.39 is 0 Å². The molecule has 19 heavy (non-hydrogen) atoms. The average Bonchev–Trinajstić information content (AvgIpc) is 2.45. The Balaban J connectivity index is 2.46. The van der Waals surface area contributed by atoms with Gasteiger partial charge in [-0.2, -0.15) is 0 Å². The van der Waals surface area contributed by atoms with Gasteiger partial charge in [-0.05, 0) is 31.1 Å². The Bertz CT molecular complexity index is 773. The maximum atomic E-state index is 4.60. The fourth-order valence-electron chi connectivity index (χ4n) is 1.95. The van der Waals surface area contributed by atoms with Crippen molar-refractivity contribution in [1.29, 1.82) is 0 Å². The van der Waals surface area contributed by atoms with Gasteiger partial charge in [0.1, 0.15) is 16.1 Å². The van der Waals surface area contributed by atoms with E-state index in [0.717, 1.165) is 32.1 Å². The maximum absolute atomic E-state index is 4.60. The van der Waals surface area contributed by atoms with Crippen molar-refractivity contribution in [1.82, 2.24) is 20.2 Å². The van der Waals surface area contributed by atoms with E-state index in [1.165, 1.54) is 5.56 Å². The summed E-state index contributed by atoms with van der Waals surface area (Å²) in [5.74, 6) is 0. The molecule has 0 atom stereocenters. The summed E-state index contributed by atoms with van der Waals surface area (Å²) in [6.45, 7) is 2.05. The normalized spacial score (nSPS) is 11.3. The Kier molecular flexibility index (Phi) is 3.28. The Morgan fingerprint density at radius 3 is 2.53 bits per heavy atom. The summed E-state index contributed by atoms with van der Waals surface area (Å²) < 4.78 is 0. The van der Waals surface area contributed by atoms with Gasteiger partial charge in [0.25, 0.3) is 0 Å². The van der Waals surface area contributed by atoms with Crippen molar-refractivity contribution < 1.29 is 0 Å². The summed E-state index contributed by atoms with van der Waals surface area (Å²) in [6, 6.07) is 6.16. The molecule has 0 spiro atoms. The predicted molar refractivity (Wildman–Crippen MR) is 80.9 cm³/mol. The molecule has 0 radical (unpaired) electrons. The highest BCUT2D eigenvalue weighted by Gasteiger charge is 2.12. The topological polar surface area (TPSA) is 51.6 Å². The predicted octanol–water partition coefficient (Wildman–Crippen LogP) is 3.33. The molecule has 1 aromatic carbocycles. The van der Waals surface area contributed by atoms with Crippen LogP contribution in [0.4, 0.5) is 0 Å². The summed E-state index contributed by atoms with van der Waals surface area (Å²) in [6.07, 6.45) is 3.97. The number of rotatable bonds is 2. The molecule has 4 nitrogen and oxygen atoms in total. The largest absolute Gasteiger partial charge is 0.220 e. The fraction of sp³-hybridized carbons (Fsp3) is 0.231. The molecule has 0 saturated carbocycles. The van der Waals surface area contributed by atoms with Gasteiger partial charge in [-0.25, -0.2) is 9.97 Å². The fourth-order valence-corrected chi connectivity index (χ4v) is 2.89. The van der Waals surface area contributed by atoms with Crippen LogP contribution in [-0.4, -0.2) is 32.7 Å². The van der Waals surface area contributed by atoms with Crippen molar-refractivity contribution in [3.8, 4) is 0 Å². The minimum atomic E-state index is 0.770. The van der Waals surface area contributed by atoms with Crippen LogP contribution in [-0.2, 0) is 0 Å². The van der Waals surface area contributed by atoms with Gasteiger partial charge in [0.2, 0.25) is 0 Å². The number of nitrogens with zero attached hydrogens (tertiary/aromatic N) is 4. The first-order valence-corrected chi connectivity index (χ1v) is 8.20. The van der Waals surface area contributed by atoms with E-state index >= 15 is 0 Å². The van der Waals surface area contributed by atoms with E-state index in [0.29, 0.717) is 0 Å². The lowest BCUT2D eigenvalue weighted by molar-refractivity contribution is 0.916. The van der Waals surface area contributed by atoms with Gasteiger partial charge < -0.3 is 0 Å². The van der Waals surface area contributed by atoms with Crippen LogP contribution in [0.2, 0.25) is 0 Å². The van der Waals surface area contributed by atoms with Gasteiger partial charge in [0.05, 0.1) is 5.52 Å². The first-order valence-electron chi connectivity index (χ1n) is 5.75. The Morgan fingerprint density at radius 2 is 1.79 bits per heavy atom. The van der Waals surface area contributed by atoms with Crippen molar-refractivity contribution in [2.24, 2.45) is 0 Å². The average molecular weight is 288 g/mol. The number of hydrogen-bond donors (Lipinski definition) is 0. The highest BCUT2D eigenvalue weighted by molar-refractivity contribution is 7.99. The molecule has 0 N–H and O–H groups in total. The molecule has 6 heteroatoms. The number of thioether (sulfide) groups is 2. The maximum Gasteiger partial charge on any atom is 0.189 e. The van der Waals surface area contributed by atoms with E-state index in [4.69, 9.17) is 0 Å². The molecule has 2 aromatic heterocycles. The number of fused-ring (bicyclic) bond motifs is 3. The van der Waals surface area contributed by atoms with Gasteiger partial charge >= 0.3 is 0 Å². The Morgan fingerprint density at radius 1 is 0.947 bits per heavy atom. The second kappa shape index (κ2) is 4.94. The highest BCUT2D eigenvalue weighted by atomic mass is 32.2. The third-order valence-electron chi connectivity index (χ3n) is 2.87. The monoisotopic (exact) mass is 288 g/mol. The van der Waals surface area contributed by atoms with Crippen molar-refractivity contribution in [2.45, 2.75) is 17.1 Å². The molecule has 0 saturated heterocycles. The Hall–Kier alpha value is -1.40. The molecule has 3 aromatic rings. The summed E-state index contributed by atoms with van der Waals surface area (Å²) in [5.41, 5.74) is 3.71. The number of aryl methyl sites for hydroxylation is 1. The molecule has 0 fully saturated rings. The summed E-state index contributed by atoms with van der Waals surface area (Å²) in [4.78, 5) is 9.07. The third kappa shape index (κ3) is 2.15. The van der Waals surface area contributed by atoms with Crippen LogP contribution in [0, 0.1) is 6.92 Å². The smallest absolute Gasteiger partial charge is 0.189 e. The lowest BCUT2D eigenvalue weighted by Crippen LogP contribution is -1.97. The zero-order valence-electron chi connectivity index (χ0n) is 10.8. The molecular formula is C13H12N4S2. The second-order valence-electron chi connectivity index (χ2n) is 4.14. The minimum Gasteiger partial charge on any atom is -0.220 e. The van der Waals surface area contributed by atoms with E-state index in [-0.39, 0.29) is 0 Å². The molecule has 0 amide bonds. The van der Waals surface area contributed by atoms with Crippen LogP contribution in [0.5, 0.6) is 0 Å². The van der Waals surface area contributed by atoms with E-state index in [1.54, 1.807) is 23.5 Å². The summed E-state index contributed by atoms with van der Waals surface area (Å²) >= 11 is 3.11. The third-order valence-corrected chi connectivity index (χ3v) is 4.09. The second-order valence-corrected chi connectivity index (χ2v) is 5.71. The van der Waals surface area contributed by atoms with E-state index in [2.05, 4.69) is 32.3 Å². The summed E-state index contributed by atoms with van der Waals surface area (Å²) in [5, 5.41) is 11.3. The molecule has 0 aliphatic heterocycles. The lowest BCUT2D eigenvalue weighted by atomic mass is 10.1. The van der Waals surface area contributed by atoms with Gasteiger partial charge in [0.15, 0.2) is 5.16 Å². The highest BCUT2D eigenvalue weighted by Crippen LogP contribution is 2.28. The van der Waals surface area contributed by atoms with Crippen LogP contribution in [0.1, 0.15) is 5.56 Å². The van der Waals surface area contributed by atoms with Gasteiger partial charge in [0, 0.05) is 5.39 Å². The molecule has 0 aliphatic carbocycles. The van der Waals surface area contributed by atoms with Gasteiger partial charge in [-0.1, -0.05) is 23.9 Å². The molecule has 0 unspecified atom stereocenters. The first kappa shape index (κ1) is 12.6. The Labute approximate surface area is 119 Å². The molecule has 3 rings (SSSR count). The molecule has 96 valence electrons. The summed E-state index contributed by atoms with van der Waals surface area (Å²) in [7, 11) is 0.